The zero-order valence-electron chi connectivity index (χ0n) is 66.7. The zero-order valence-corrected chi connectivity index (χ0v) is 66.7. The second-order valence-electron chi connectivity index (χ2n) is 28.8. The molecule has 5 saturated heterocycles. The number of rotatable bonds is 31. The quantitative estimate of drug-likeness (QED) is 0.0102. The fourth-order valence-electron chi connectivity index (χ4n) is 15.0. The van der Waals surface area contributed by atoms with E-state index in [1.54, 1.807) is 231 Å². The molecule has 638 valence electrons. The molecule has 0 aromatic heterocycles. The van der Waals surface area contributed by atoms with Crippen LogP contribution < -0.4 is 10.6 Å². The standard InChI is InChI=1S/C89H89N5O28/c1-53(95)105-50-67(112-55(3)97)73(113-56(4)98)76-70(92-87(103)122-89(62-40-24-11-25-41-62,63-42-26-12-27-43-63)64-44-28-13-29-45-64)66(111-54(2)96)46-88(120-76,85(101)104-5)121-77-74-69(52-109-82(118-74)61-38-22-10-23-39-61)115-84(78(77)116-79(99)59-34-18-8-19-35-59)119-75-71(93-94-90)83(114-68-51-108-81(117-72(68)75)60-36-20-9-21-37-60)107-49-65(80(100)106-47-57-30-14-6-15-31-57)91-86(102)110-48-58-32-16-7-17-33-58/h6-45,65-78,81-84H,46-52H2,1-5H3,(H,91,102)(H,92,103)/t65-,66-,67+,68+,69+,70+,71+,72-,73+,74-,75+,76+,77-,78+,81?,82?,83-,84-,88-/m0/s1. The van der Waals surface area contributed by atoms with E-state index in [1.165, 1.54) is 12.1 Å². The van der Waals surface area contributed by atoms with Crippen LogP contribution in [0.25, 0.3) is 10.4 Å². The number of hydrogen-bond donors (Lipinski definition) is 2. The molecule has 8 aromatic rings. The Balaban J connectivity index is 0.945. The van der Waals surface area contributed by atoms with Crippen molar-refractivity contribution < 1.29 is 133 Å². The summed E-state index contributed by atoms with van der Waals surface area (Å²) < 4.78 is 123. The minimum atomic E-state index is -3.19. The van der Waals surface area contributed by atoms with Gasteiger partial charge < -0.3 is 101 Å². The average Bonchev–Trinajstić information content (AvgIpc) is 0.740. The Morgan fingerprint density at radius 2 is 1.02 bits per heavy atom. The van der Waals surface area contributed by atoms with Crippen molar-refractivity contribution in [2.75, 3.05) is 33.5 Å². The van der Waals surface area contributed by atoms with Gasteiger partial charge in [0.25, 0.3) is 5.79 Å². The van der Waals surface area contributed by atoms with E-state index in [4.69, 9.17) is 90.0 Å². The highest BCUT2D eigenvalue weighted by Crippen LogP contribution is 2.47. The van der Waals surface area contributed by atoms with Gasteiger partial charge in [-0.1, -0.05) is 236 Å². The first kappa shape index (κ1) is 87.3. The summed E-state index contributed by atoms with van der Waals surface area (Å²) >= 11 is 0. The Kier molecular flexibility index (Phi) is 29.5. The van der Waals surface area contributed by atoms with Crippen molar-refractivity contribution in [1.82, 2.24) is 10.6 Å². The van der Waals surface area contributed by atoms with Gasteiger partial charge in [0.15, 0.2) is 55.1 Å². The zero-order chi connectivity index (χ0) is 85.7. The van der Waals surface area contributed by atoms with Crippen molar-refractivity contribution in [2.45, 2.75) is 169 Å². The molecule has 0 bridgehead atoms. The molecule has 19 atom stereocenters. The summed E-state index contributed by atoms with van der Waals surface area (Å²) in [5.41, 5.74) is 12.3. The van der Waals surface area contributed by atoms with E-state index < -0.39 is 202 Å². The summed E-state index contributed by atoms with van der Waals surface area (Å²) in [7, 11) is 0.939. The van der Waals surface area contributed by atoms with Gasteiger partial charge in [0, 0.05) is 60.4 Å². The number of fused-ring (bicyclic) bond motifs is 2. The molecule has 0 radical (unpaired) electrons. The molecular weight excluding hydrogens is 1590 g/mol. The summed E-state index contributed by atoms with van der Waals surface area (Å²) in [6.45, 7) is 1.09. The van der Waals surface area contributed by atoms with E-state index >= 15 is 14.4 Å². The first-order chi connectivity index (χ1) is 59.2. The maximum absolute atomic E-state index is 16.0. The number of carbonyl (C=O) groups is 9. The van der Waals surface area contributed by atoms with E-state index in [2.05, 4.69) is 20.7 Å². The smallest absolute Gasteiger partial charge is 0.409 e. The molecule has 5 aliphatic rings. The lowest BCUT2D eigenvalue weighted by Crippen LogP contribution is -2.72. The van der Waals surface area contributed by atoms with Crippen molar-refractivity contribution in [3.63, 3.8) is 0 Å². The maximum Gasteiger partial charge on any atom is 0.409 e. The number of ether oxygens (including phenoxy) is 19. The van der Waals surface area contributed by atoms with E-state index in [0.717, 1.165) is 34.8 Å². The number of amides is 2. The average molecular weight is 1680 g/mol. The van der Waals surface area contributed by atoms with Gasteiger partial charge in [-0.25, -0.2) is 24.0 Å². The fraction of sp³-hybridized carbons (Fsp3) is 0.360. The van der Waals surface area contributed by atoms with Crippen LogP contribution in [0.15, 0.2) is 248 Å². The molecule has 8 aromatic carbocycles. The Morgan fingerprint density at radius 1 is 0.533 bits per heavy atom. The maximum atomic E-state index is 16.0. The molecule has 122 heavy (non-hydrogen) atoms. The first-order valence-electron chi connectivity index (χ1n) is 39.1. The van der Waals surface area contributed by atoms with Crippen molar-refractivity contribution in [1.29, 1.82) is 0 Å². The molecule has 0 aliphatic carbocycles. The Hall–Kier alpha value is -12.5. The SMILES string of the molecule is COC(=O)[C@@]1(O[C@H]2[C@H]3OC(c4ccccc4)OC[C@H]3O[C@@H](O[C@@H]3[C@@H](N=[N+]=[N-])[C@@H](OC[C@H](NC(=O)OCc4ccccc4)C(=O)OCc4ccccc4)O[C@@H]4COC(c5ccccc5)O[C@H]34)[C@@H]2OC(=O)c2ccccc2)C[C@H](OC(C)=O)[C@@H](NC(=O)OC(c2ccccc2)(c2ccccc2)c2ccccc2)[C@H]([C@H](OC(C)=O)[C@@H](COC(C)=O)OC(C)=O)O1. The molecule has 0 saturated carbocycles. The Morgan fingerprint density at radius 3 is 1.52 bits per heavy atom. The van der Waals surface area contributed by atoms with Gasteiger partial charge in [0.2, 0.25) is 0 Å². The lowest BCUT2D eigenvalue weighted by atomic mass is 9.80. The predicted molar refractivity (Wildman–Crippen MR) is 422 cm³/mol. The van der Waals surface area contributed by atoms with Crippen LogP contribution in [0.4, 0.5) is 9.59 Å². The second-order valence-corrected chi connectivity index (χ2v) is 28.8. The number of esters is 7. The molecule has 33 heteroatoms. The van der Waals surface area contributed by atoms with Gasteiger partial charge >= 0.3 is 54.0 Å². The predicted octanol–water partition coefficient (Wildman–Crippen LogP) is 10.5. The van der Waals surface area contributed by atoms with Crippen LogP contribution in [-0.4, -0.2) is 191 Å². The molecule has 2 N–H and O–H groups in total. The normalized spacial score (nSPS) is 25.5. The largest absolute Gasteiger partial charge is 0.465 e. The number of nitrogens with zero attached hydrogens (tertiary/aromatic N) is 3. The summed E-state index contributed by atoms with van der Waals surface area (Å²) in [5.74, 6) is -10.9. The molecule has 5 fully saturated rings. The minimum absolute atomic E-state index is 0.0849. The fourth-order valence-corrected chi connectivity index (χ4v) is 15.0. The summed E-state index contributed by atoms with van der Waals surface area (Å²) in [5, 5.41) is 9.56. The highest BCUT2D eigenvalue weighted by atomic mass is 16.8. The number of hydrogen-bond acceptors (Lipinski definition) is 29. The van der Waals surface area contributed by atoms with Crippen LogP contribution in [0, 0.1) is 0 Å². The number of carbonyl (C=O) groups excluding carboxylic acids is 9. The van der Waals surface area contributed by atoms with E-state index in [1.807, 2.05) is 0 Å². The molecule has 13 rings (SSSR count). The third-order valence-electron chi connectivity index (χ3n) is 20.4. The lowest BCUT2D eigenvalue weighted by molar-refractivity contribution is -0.413. The van der Waals surface area contributed by atoms with Crippen LogP contribution in [0.3, 0.4) is 0 Å². The molecule has 33 nitrogen and oxygen atoms in total. The topological polar surface area (TPSA) is 402 Å². The van der Waals surface area contributed by atoms with Gasteiger partial charge in [-0.05, 0) is 28.8 Å². The van der Waals surface area contributed by atoms with Crippen LogP contribution in [-0.2, 0) is 138 Å². The van der Waals surface area contributed by atoms with Crippen LogP contribution in [0.5, 0.6) is 0 Å². The Bertz CT molecular complexity index is 4800. The summed E-state index contributed by atoms with van der Waals surface area (Å²) in [4.78, 5) is 133. The molecule has 5 aliphatic heterocycles. The third kappa shape index (κ3) is 21.4. The third-order valence-corrected chi connectivity index (χ3v) is 20.4. The number of alkyl carbamates (subject to hydrolysis) is 2. The number of benzene rings is 8. The highest BCUT2D eigenvalue weighted by molar-refractivity contribution is 5.89. The molecule has 2 unspecified atom stereocenters. The van der Waals surface area contributed by atoms with Gasteiger partial charge in [0.05, 0.1) is 45.0 Å². The molecule has 0 spiro atoms. The summed E-state index contributed by atoms with van der Waals surface area (Å²) in [6, 6.07) is 62.8. The van der Waals surface area contributed by atoms with Crippen molar-refractivity contribution in [2.24, 2.45) is 5.11 Å². The van der Waals surface area contributed by atoms with E-state index in [9.17, 15) is 34.3 Å². The first-order valence-corrected chi connectivity index (χ1v) is 39.1. The lowest BCUT2D eigenvalue weighted by Gasteiger charge is -2.54. The van der Waals surface area contributed by atoms with Crippen molar-refractivity contribution >= 4 is 54.0 Å². The van der Waals surface area contributed by atoms with E-state index in [-0.39, 0.29) is 25.4 Å². The second kappa shape index (κ2) is 41.2. The van der Waals surface area contributed by atoms with Gasteiger partial charge in [0.1, 0.15) is 74.7 Å². The Labute approximate surface area is 700 Å². The van der Waals surface area contributed by atoms with Crippen LogP contribution >= 0.6 is 0 Å². The minimum Gasteiger partial charge on any atom is -0.465 e. The van der Waals surface area contributed by atoms with Crippen LogP contribution in [0.1, 0.15) is 96.0 Å². The molecule has 5 heterocycles. The number of nitrogens with one attached hydrogen (secondary N) is 2. The van der Waals surface area contributed by atoms with Gasteiger partial charge in [-0.15, -0.1) is 0 Å². The molecule has 2 amide bonds. The van der Waals surface area contributed by atoms with Crippen molar-refractivity contribution in [3.8, 4) is 0 Å². The van der Waals surface area contributed by atoms with Crippen LogP contribution in [0.2, 0.25) is 0 Å². The monoisotopic (exact) mass is 1680 g/mol. The summed E-state index contributed by atoms with van der Waals surface area (Å²) in [6.07, 6.45) is -30.0. The number of azide groups is 1. The highest BCUT2D eigenvalue weighted by Gasteiger charge is 2.65. The number of methoxy groups -OCH3 is 1. The van der Waals surface area contributed by atoms with E-state index in [0.29, 0.717) is 38.9 Å². The van der Waals surface area contributed by atoms with Gasteiger partial charge in [-0.3, -0.25) is 19.2 Å². The van der Waals surface area contributed by atoms with Gasteiger partial charge in [-0.2, -0.15) is 0 Å². The van der Waals surface area contributed by atoms with Crippen molar-refractivity contribution in [3.05, 3.63) is 298 Å². The molecular formula is C89H89N5O28.